The number of sulfonamides is 1. The monoisotopic (exact) mass is 492 g/mol. The minimum absolute atomic E-state index is 0.0436. The van der Waals surface area contributed by atoms with E-state index in [4.69, 9.17) is 27.9 Å². The van der Waals surface area contributed by atoms with Crippen molar-refractivity contribution in [2.45, 2.75) is 18.4 Å². The Bertz CT molecular complexity index is 1200. The first kappa shape index (κ1) is 23.9. The molecule has 32 heavy (non-hydrogen) atoms. The van der Waals surface area contributed by atoms with E-state index in [9.17, 15) is 13.2 Å². The number of rotatable bonds is 8. The molecule has 3 aromatic rings. The van der Waals surface area contributed by atoms with Crippen molar-refractivity contribution < 1.29 is 17.9 Å². The van der Waals surface area contributed by atoms with Crippen LogP contribution in [0.4, 0.5) is 5.69 Å². The van der Waals surface area contributed by atoms with E-state index in [0.29, 0.717) is 10.8 Å². The molecule has 0 spiro atoms. The molecule has 0 unspecified atom stereocenters. The van der Waals surface area contributed by atoms with Gasteiger partial charge in [-0.05, 0) is 55.0 Å². The third-order valence-electron chi connectivity index (χ3n) is 4.72. The normalized spacial score (nSPS) is 11.1. The average molecular weight is 493 g/mol. The quantitative estimate of drug-likeness (QED) is 0.488. The number of hydrogen-bond donors (Lipinski definition) is 1. The minimum Gasteiger partial charge on any atom is -0.497 e. The number of methoxy groups -OCH3 is 1. The number of amides is 1. The molecule has 168 valence electrons. The van der Waals surface area contributed by atoms with Gasteiger partial charge in [-0.3, -0.25) is 9.10 Å². The fourth-order valence-corrected chi connectivity index (χ4v) is 4.81. The summed E-state index contributed by atoms with van der Waals surface area (Å²) < 4.78 is 32.9. The lowest BCUT2D eigenvalue weighted by atomic mass is 10.2. The van der Waals surface area contributed by atoms with Crippen LogP contribution in [-0.2, 0) is 21.4 Å². The molecular formula is C23H22Cl2N2O4S. The van der Waals surface area contributed by atoms with Crippen LogP contribution in [-0.4, -0.2) is 28.0 Å². The van der Waals surface area contributed by atoms with Gasteiger partial charge in [0.05, 0.1) is 22.7 Å². The zero-order chi connectivity index (χ0) is 23.3. The molecule has 3 aromatic carbocycles. The first-order valence-electron chi connectivity index (χ1n) is 9.65. The van der Waals surface area contributed by atoms with Crippen molar-refractivity contribution in [2.24, 2.45) is 0 Å². The van der Waals surface area contributed by atoms with Crippen molar-refractivity contribution in [3.05, 3.63) is 87.9 Å². The SMILES string of the molecule is COc1ccc(CNC(=O)CN(c2cc(Cl)ccc2Cl)S(=O)(=O)c2ccc(C)cc2)cc1. The summed E-state index contributed by atoms with van der Waals surface area (Å²) in [6.45, 7) is 1.62. The summed E-state index contributed by atoms with van der Waals surface area (Å²) in [5.41, 5.74) is 1.88. The number of halogens is 2. The molecule has 0 fully saturated rings. The second kappa shape index (κ2) is 10.3. The van der Waals surface area contributed by atoms with Gasteiger partial charge < -0.3 is 10.1 Å². The van der Waals surface area contributed by atoms with Gasteiger partial charge in [0.1, 0.15) is 12.3 Å². The van der Waals surface area contributed by atoms with Crippen LogP contribution in [0.5, 0.6) is 5.75 Å². The highest BCUT2D eigenvalue weighted by molar-refractivity contribution is 7.92. The Kier molecular flexibility index (Phi) is 7.66. The van der Waals surface area contributed by atoms with Crippen molar-refractivity contribution in [3.8, 4) is 5.75 Å². The van der Waals surface area contributed by atoms with E-state index < -0.39 is 22.5 Å². The maximum atomic E-state index is 13.4. The molecule has 0 bridgehead atoms. The van der Waals surface area contributed by atoms with Crippen molar-refractivity contribution in [2.75, 3.05) is 18.0 Å². The Hall–Kier alpha value is -2.74. The number of carbonyl (C=O) groups is 1. The molecule has 0 saturated heterocycles. The van der Waals surface area contributed by atoms with E-state index >= 15 is 0 Å². The number of benzene rings is 3. The Morgan fingerprint density at radius 2 is 1.66 bits per heavy atom. The maximum Gasteiger partial charge on any atom is 0.264 e. The molecule has 9 heteroatoms. The number of hydrogen-bond acceptors (Lipinski definition) is 4. The van der Waals surface area contributed by atoms with Crippen molar-refractivity contribution >= 4 is 44.8 Å². The number of carbonyl (C=O) groups excluding carboxylic acids is 1. The lowest BCUT2D eigenvalue weighted by molar-refractivity contribution is -0.119. The standard InChI is InChI=1S/C23H22Cl2N2O4S/c1-16-3-10-20(11-4-16)32(29,30)27(22-13-18(24)7-12-21(22)25)15-23(28)26-14-17-5-8-19(31-2)9-6-17/h3-13H,14-15H2,1-2H3,(H,26,28). The molecule has 0 atom stereocenters. The number of ether oxygens (including phenoxy) is 1. The van der Waals surface area contributed by atoms with Crippen molar-refractivity contribution in [1.82, 2.24) is 5.32 Å². The largest absolute Gasteiger partial charge is 0.497 e. The summed E-state index contributed by atoms with van der Waals surface area (Å²) >= 11 is 12.4. The van der Waals surface area contributed by atoms with Gasteiger partial charge in [-0.2, -0.15) is 0 Å². The minimum atomic E-state index is -4.08. The highest BCUT2D eigenvalue weighted by Gasteiger charge is 2.29. The predicted molar refractivity (Wildman–Crippen MR) is 127 cm³/mol. The topological polar surface area (TPSA) is 75.7 Å². The maximum absolute atomic E-state index is 13.4. The van der Waals surface area contributed by atoms with E-state index in [-0.39, 0.29) is 22.2 Å². The molecule has 1 amide bonds. The summed E-state index contributed by atoms with van der Waals surface area (Å²) in [6.07, 6.45) is 0. The second-order valence-electron chi connectivity index (χ2n) is 7.05. The van der Waals surface area contributed by atoms with Crippen LogP contribution in [0.15, 0.2) is 71.6 Å². The molecule has 0 heterocycles. The summed E-state index contributed by atoms with van der Waals surface area (Å²) in [5.74, 6) is 0.207. The number of anilines is 1. The van der Waals surface area contributed by atoms with E-state index in [2.05, 4.69) is 5.32 Å². The van der Waals surface area contributed by atoms with E-state index in [1.54, 1.807) is 37.4 Å². The lowest BCUT2D eigenvalue weighted by Crippen LogP contribution is -2.40. The van der Waals surface area contributed by atoms with Gasteiger partial charge >= 0.3 is 0 Å². The lowest BCUT2D eigenvalue weighted by Gasteiger charge is -2.25. The molecule has 0 aliphatic rings. The Labute approximate surface area is 197 Å². The van der Waals surface area contributed by atoms with Crippen LogP contribution in [0, 0.1) is 6.92 Å². The Morgan fingerprint density at radius 1 is 1.00 bits per heavy atom. The van der Waals surface area contributed by atoms with Gasteiger partial charge in [0.2, 0.25) is 5.91 Å². The zero-order valence-electron chi connectivity index (χ0n) is 17.5. The third-order valence-corrected chi connectivity index (χ3v) is 7.05. The van der Waals surface area contributed by atoms with Crippen molar-refractivity contribution in [3.63, 3.8) is 0 Å². The summed E-state index contributed by atoms with van der Waals surface area (Å²) in [5, 5.41) is 3.20. The van der Waals surface area contributed by atoms with Crippen LogP contribution in [0.25, 0.3) is 0 Å². The van der Waals surface area contributed by atoms with Crippen molar-refractivity contribution in [1.29, 1.82) is 0 Å². The Morgan fingerprint density at radius 3 is 2.28 bits per heavy atom. The highest BCUT2D eigenvalue weighted by Crippen LogP contribution is 2.33. The third kappa shape index (κ3) is 5.73. The van der Waals surface area contributed by atoms with Gasteiger partial charge in [-0.15, -0.1) is 0 Å². The molecule has 0 aliphatic heterocycles. The summed E-state index contributed by atoms with van der Waals surface area (Å²) in [6, 6.07) is 18.0. The number of nitrogens with one attached hydrogen (secondary N) is 1. The molecular weight excluding hydrogens is 471 g/mol. The smallest absolute Gasteiger partial charge is 0.264 e. The highest BCUT2D eigenvalue weighted by atomic mass is 35.5. The van der Waals surface area contributed by atoms with Gasteiger partial charge in [-0.25, -0.2) is 8.42 Å². The molecule has 6 nitrogen and oxygen atoms in total. The molecule has 0 radical (unpaired) electrons. The van der Waals surface area contributed by atoms with Gasteiger partial charge in [-0.1, -0.05) is 53.0 Å². The van der Waals surface area contributed by atoms with Crippen LogP contribution >= 0.6 is 23.2 Å². The fourth-order valence-electron chi connectivity index (χ4n) is 2.94. The van der Waals surface area contributed by atoms with E-state index in [0.717, 1.165) is 15.4 Å². The van der Waals surface area contributed by atoms with Gasteiger partial charge in [0.15, 0.2) is 0 Å². The first-order chi connectivity index (χ1) is 15.2. The number of aryl methyl sites for hydroxylation is 1. The molecule has 0 aromatic heterocycles. The van der Waals surface area contributed by atoms with Gasteiger partial charge in [0.25, 0.3) is 10.0 Å². The molecule has 0 aliphatic carbocycles. The fraction of sp³-hybridized carbons (Fsp3) is 0.174. The zero-order valence-corrected chi connectivity index (χ0v) is 19.8. The molecule has 3 rings (SSSR count). The first-order valence-corrected chi connectivity index (χ1v) is 11.8. The second-order valence-corrected chi connectivity index (χ2v) is 9.75. The Balaban J connectivity index is 1.87. The predicted octanol–water partition coefficient (Wildman–Crippen LogP) is 4.82. The summed E-state index contributed by atoms with van der Waals surface area (Å²) in [7, 11) is -2.51. The molecule has 1 N–H and O–H groups in total. The number of nitrogens with zero attached hydrogens (tertiary/aromatic N) is 1. The van der Waals surface area contributed by atoms with Crippen LogP contribution < -0.4 is 14.4 Å². The van der Waals surface area contributed by atoms with Crippen LogP contribution in [0.3, 0.4) is 0 Å². The average Bonchev–Trinajstić information content (AvgIpc) is 2.78. The summed E-state index contributed by atoms with van der Waals surface area (Å²) in [4.78, 5) is 12.8. The van der Waals surface area contributed by atoms with Crippen LogP contribution in [0.2, 0.25) is 10.0 Å². The van der Waals surface area contributed by atoms with E-state index in [1.807, 2.05) is 19.1 Å². The van der Waals surface area contributed by atoms with E-state index in [1.165, 1.54) is 24.3 Å². The van der Waals surface area contributed by atoms with Crippen LogP contribution in [0.1, 0.15) is 11.1 Å². The molecule has 0 saturated carbocycles. The van der Waals surface area contributed by atoms with Gasteiger partial charge in [0, 0.05) is 11.6 Å².